The Labute approximate surface area is 283 Å². The zero-order valence-corrected chi connectivity index (χ0v) is 30.0. The van der Waals surface area contributed by atoms with Crippen LogP contribution in [0.15, 0.2) is 59.6 Å². The molecule has 4 aromatic rings. The molecular formula is C36H45N7O4S. The lowest BCUT2D eigenvalue weighted by atomic mass is 9.87. The molecule has 2 aromatic carbocycles. The van der Waals surface area contributed by atoms with Gasteiger partial charge in [-0.05, 0) is 75.8 Å². The van der Waals surface area contributed by atoms with Gasteiger partial charge in [-0.15, -0.1) is 0 Å². The topological polar surface area (TPSA) is 131 Å². The summed E-state index contributed by atoms with van der Waals surface area (Å²) in [6.45, 7) is 16.6. The van der Waals surface area contributed by atoms with Gasteiger partial charge < -0.3 is 14.5 Å². The molecule has 2 aromatic heterocycles. The van der Waals surface area contributed by atoms with Gasteiger partial charge in [-0.25, -0.2) is 28.1 Å². The van der Waals surface area contributed by atoms with Gasteiger partial charge in [-0.1, -0.05) is 45.0 Å². The van der Waals surface area contributed by atoms with Crippen molar-refractivity contribution < 1.29 is 17.9 Å². The molecule has 4 bridgehead atoms. The van der Waals surface area contributed by atoms with E-state index in [-0.39, 0.29) is 52.8 Å². The molecule has 0 aliphatic carbocycles. The summed E-state index contributed by atoms with van der Waals surface area (Å²) in [4.78, 5) is 36.8. The number of fused-ring (bicyclic) bond motifs is 4. The van der Waals surface area contributed by atoms with Crippen molar-refractivity contribution in [1.29, 1.82) is 0 Å². The summed E-state index contributed by atoms with van der Waals surface area (Å²) >= 11 is 0. The predicted molar refractivity (Wildman–Crippen MR) is 188 cm³/mol. The minimum absolute atomic E-state index is 0.0834. The maximum atomic E-state index is 14.5. The molecule has 1 aliphatic rings. The van der Waals surface area contributed by atoms with Gasteiger partial charge in [0.25, 0.3) is 15.9 Å². The number of nitrogens with one attached hydrogen (secondary N) is 1. The van der Waals surface area contributed by atoms with Crippen LogP contribution in [-0.4, -0.2) is 64.9 Å². The van der Waals surface area contributed by atoms with E-state index in [2.05, 4.69) is 59.2 Å². The Balaban J connectivity index is 1.67. The fraction of sp³-hybridized carbons (Fsp3) is 0.417. The Morgan fingerprint density at radius 2 is 1.69 bits per heavy atom. The number of hydrogen-bond acceptors (Lipinski definition) is 9. The van der Waals surface area contributed by atoms with Crippen molar-refractivity contribution in [3.63, 3.8) is 0 Å². The molecule has 0 saturated heterocycles. The number of aryl methyl sites for hydroxylation is 3. The summed E-state index contributed by atoms with van der Waals surface area (Å²) in [6.07, 6.45) is 2.34. The second-order valence-electron chi connectivity index (χ2n) is 14.0. The maximum absolute atomic E-state index is 14.5. The average molecular weight is 672 g/mol. The highest BCUT2D eigenvalue weighted by molar-refractivity contribution is 7.92. The minimum Gasteiger partial charge on any atom is -0.475 e. The van der Waals surface area contributed by atoms with Crippen LogP contribution in [0.3, 0.4) is 0 Å². The van der Waals surface area contributed by atoms with Crippen molar-refractivity contribution in [3.8, 4) is 17.1 Å². The van der Waals surface area contributed by atoms with E-state index < -0.39 is 16.1 Å². The third-order valence-electron chi connectivity index (χ3n) is 8.45. The number of carbonyl (C=O) groups excluding carboxylic acids is 1. The fourth-order valence-electron chi connectivity index (χ4n) is 5.85. The fourth-order valence-corrected chi connectivity index (χ4v) is 6.83. The largest absolute Gasteiger partial charge is 0.475 e. The first kappa shape index (κ1) is 34.7. The van der Waals surface area contributed by atoms with Crippen LogP contribution in [0.4, 0.5) is 11.8 Å². The first-order chi connectivity index (χ1) is 22.5. The molecule has 1 N–H and O–H groups in total. The van der Waals surface area contributed by atoms with E-state index in [1.807, 2.05) is 46.0 Å². The standard InChI is InChI=1S/C36H45N7O4S/c1-22(2)42(9)33-25(5)19-37-30(39-33)20-43-27(18-36(6,7)8)21-47-31-17-29(32-23(3)12-10-13-24(32)4)38-35(40-31)41-48(45,46)28-15-11-14-26(16-28)34(43)44/h10-17,19,22,27H,18,20-21H2,1-9H3,(H,38,40,41)/t27-/m1/s1. The summed E-state index contributed by atoms with van der Waals surface area (Å²) in [7, 11) is -2.20. The van der Waals surface area contributed by atoms with Crippen LogP contribution < -0.4 is 14.4 Å². The molecule has 0 unspecified atom stereocenters. The van der Waals surface area contributed by atoms with Crippen LogP contribution in [0.25, 0.3) is 11.3 Å². The van der Waals surface area contributed by atoms with Crippen molar-refractivity contribution in [2.24, 2.45) is 5.41 Å². The highest BCUT2D eigenvalue weighted by Crippen LogP contribution is 2.32. The van der Waals surface area contributed by atoms with E-state index in [1.165, 1.54) is 12.1 Å². The molecule has 0 fully saturated rings. The van der Waals surface area contributed by atoms with E-state index in [1.54, 1.807) is 29.3 Å². The summed E-state index contributed by atoms with van der Waals surface area (Å²) in [6, 6.07) is 13.4. The Morgan fingerprint density at radius 3 is 2.35 bits per heavy atom. The summed E-state index contributed by atoms with van der Waals surface area (Å²) < 4.78 is 36.3. The second-order valence-corrected chi connectivity index (χ2v) is 15.7. The summed E-state index contributed by atoms with van der Waals surface area (Å²) in [5, 5.41) is 0. The number of rotatable bonds is 6. The lowest BCUT2D eigenvalue weighted by molar-refractivity contribution is 0.0505. The number of anilines is 2. The summed E-state index contributed by atoms with van der Waals surface area (Å²) in [5.41, 5.74) is 4.26. The predicted octanol–water partition coefficient (Wildman–Crippen LogP) is 6.34. The van der Waals surface area contributed by atoms with Crippen LogP contribution >= 0.6 is 0 Å². The molecule has 3 heterocycles. The van der Waals surface area contributed by atoms with Gasteiger partial charge >= 0.3 is 0 Å². The molecule has 5 rings (SSSR count). The molecule has 48 heavy (non-hydrogen) atoms. The highest BCUT2D eigenvalue weighted by Gasteiger charge is 2.32. The number of aromatic nitrogens is 4. The number of benzene rings is 2. The molecular weight excluding hydrogens is 627 g/mol. The molecule has 0 spiro atoms. The molecule has 1 atom stereocenters. The van der Waals surface area contributed by atoms with Crippen LogP contribution in [-0.2, 0) is 16.6 Å². The van der Waals surface area contributed by atoms with Crippen molar-refractivity contribution in [3.05, 3.63) is 82.8 Å². The quantitative estimate of drug-likeness (QED) is 0.249. The van der Waals surface area contributed by atoms with Gasteiger partial charge in [0.15, 0.2) is 0 Å². The van der Waals surface area contributed by atoms with E-state index in [9.17, 15) is 13.2 Å². The maximum Gasteiger partial charge on any atom is 0.264 e. The second kappa shape index (κ2) is 13.5. The van der Waals surface area contributed by atoms with Gasteiger partial charge in [-0.3, -0.25) is 4.79 Å². The van der Waals surface area contributed by atoms with Crippen LogP contribution in [0.2, 0.25) is 0 Å². The molecule has 11 nitrogen and oxygen atoms in total. The van der Waals surface area contributed by atoms with Gasteiger partial charge in [-0.2, -0.15) is 4.98 Å². The summed E-state index contributed by atoms with van der Waals surface area (Å²) in [5.74, 6) is 0.946. The first-order valence-corrected chi connectivity index (χ1v) is 17.6. The molecule has 0 radical (unpaired) electrons. The van der Waals surface area contributed by atoms with Crippen molar-refractivity contribution in [2.75, 3.05) is 23.3 Å². The molecule has 1 amide bonds. The highest BCUT2D eigenvalue weighted by atomic mass is 32.2. The normalized spacial score (nSPS) is 16.3. The van der Waals surface area contributed by atoms with E-state index in [0.29, 0.717) is 17.9 Å². The number of amides is 1. The van der Waals surface area contributed by atoms with E-state index in [4.69, 9.17) is 9.72 Å². The molecule has 254 valence electrons. The Kier molecular flexibility index (Phi) is 9.77. The lowest BCUT2D eigenvalue weighted by Crippen LogP contribution is -2.45. The van der Waals surface area contributed by atoms with Gasteiger partial charge in [0.2, 0.25) is 11.8 Å². The number of hydrogen-bond donors (Lipinski definition) is 1. The molecule has 0 saturated carbocycles. The zero-order chi connectivity index (χ0) is 35.0. The average Bonchev–Trinajstić information content (AvgIpc) is 3.01. The van der Waals surface area contributed by atoms with Crippen molar-refractivity contribution in [2.45, 2.75) is 85.3 Å². The Bertz CT molecular complexity index is 1920. The van der Waals surface area contributed by atoms with E-state index in [0.717, 1.165) is 28.1 Å². The van der Waals surface area contributed by atoms with Gasteiger partial charge in [0.1, 0.15) is 18.2 Å². The number of sulfonamides is 1. The smallest absolute Gasteiger partial charge is 0.264 e. The first-order valence-electron chi connectivity index (χ1n) is 16.1. The third-order valence-corrected chi connectivity index (χ3v) is 9.77. The SMILES string of the molecule is Cc1cnc(CN2C(=O)c3cccc(c3)S(=O)(=O)Nc3nc(cc(-c4c(C)cccc4C)n3)OC[C@H]2CC(C)(C)C)nc1N(C)C(C)C. The minimum atomic E-state index is -4.18. The number of nitrogens with zero attached hydrogens (tertiary/aromatic N) is 6. The third kappa shape index (κ3) is 7.75. The Morgan fingerprint density at radius 1 is 1.00 bits per heavy atom. The monoisotopic (exact) mass is 671 g/mol. The van der Waals surface area contributed by atoms with E-state index >= 15 is 0 Å². The molecule has 1 aliphatic heterocycles. The number of ether oxygens (including phenoxy) is 1. The molecule has 12 heteroatoms. The van der Waals surface area contributed by atoms with Crippen molar-refractivity contribution in [1.82, 2.24) is 24.8 Å². The van der Waals surface area contributed by atoms with Crippen LogP contribution in [0.5, 0.6) is 5.88 Å². The van der Waals surface area contributed by atoms with Crippen LogP contribution in [0.1, 0.15) is 73.9 Å². The Hall–Kier alpha value is -4.58. The van der Waals surface area contributed by atoms with Gasteiger partial charge in [0, 0.05) is 42.0 Å². The number of carbonyl (C=O) groups is 1. The lowest BCUT2D eigenvalue weighted by Gasteiger charge is -2.35. The van der Waals surface area contributed by atoms with Crippen LogP contribution in [0, 0.1) is 26.2 Å². The van der Waals surface area contributed by atoms with Gasteiger partial charge in [0.05, 0.1) is 23.2 Å². The van der Waals surface area contributed by atoms with Crippen molar-refractivity contribution >= 4 is 27.7 Å². The zero-order valence-electron chi connectivity index (χ0n) is 29.2.